The van der Waals surface area contributed by atoms with Gasteiger partial charge in [-0.15, -0.1) is 10.2 Å². The number of carbonyl (C=O) groups is 1. The SMILES string of the molecule is O=C(O)CSc1nncn1-c1ccc(F)c(F)c1. The molecule has 1 aromatic heterocycles. The Hall–Kier alpha value is -1.96. The van der Waals surface area contributed by atoms with Crippen molar-refractivity contribution in [3.63, 3.8) is 0 Å². The van der Waals surface area contributed by atoms with E-state index in [1.807, 2.05) is 0 Å². The molecule has 0 atom stereocenters. The van der Waals surface area contributed by atoms with Crippen LogP contribution in [0, 0.1) is 11.6 Å². The Bertz CT molecular complexity index is 588. The summed E-state index contributed by atoms with van der Waals surface area (Å²) in [6.07, 6.45) is 1.30. The number of aromatic nitrogens is 3. The summed E-state index contributed by atoms with van der Waals surface area (Å²) in [6, 6.07) is 3.33. The molecule has 0 bridgehead atoms. The van der Waals surface area contributed by atoms with Gasteiger partial charge in [-0.3, -0.25) is 9.36 Å². The lowest BCUT2D eigenvalue weighted by Gasteiger charge is -2.05. The Kier molecular flexibility index (Phi) is 3.56. The van der Waals surface area contributed by atoms with Crippen LogP contribution in [0.25, 0.3) is 5.69 Å². The van der Waals surface area contributed by atoms with E-state index >= 15 is 0 Å². The number of hydrogen-bond acceptors (Lipinski definition) is 4. The predicted octanol–water partition coefficient (Wildman–Crippen LogP) is 1.72. The molecule has 0 saturated carbocycles. The first kappa shape index (κ1) is 12.5. The molecule has 94 valence electrons. The number of benzene rings is 1. The summed E-state index contributed by atoms with van der Waals surface area (Å²) >= 11 is 0.940. The Labute approximate surface area is 104 Å². The number of nitrogens with zero attached hydrogens (tertiary/aromatic N) is 3. The number of thioether (sulfide) groups is 1. The number of hydrogen-bond donors (Lipinski definition) is 1. The second-order valence-corrected chi connectivity index (χ2v) is 4.21. The topological polar surface area (TPSA) is 68.0 Å². The maximum Gasteiger partial charge on any atom is 0.313 e. The van der Waals surface area contributed by atoms with Crippen molar-refractivity contribution in [1.82, 2.24) is 14.8 Å². The molecule has 0 radical (unpaired) electrons. The quantitative estimate of drug-likeness (QED) is 0.857. The first-order valence-corrected chi connectivity index (χ1v) is 5.76. The van der Waals surface area contributed by atoms with Gasteiger partial charge >= 0.3 is 5.97 Å². The zero-order chi connectivity index (χ0) is 13.1. The van der Waals surface area contributed by atoms with Gasteiger partial charge in [-0.1, -0.05) is 11.8 Å². The standard InChI is InChI=1S/C10H7F2N3O2S/c11-7-2-1-6(3-8(7)12)15-5-13-14-10(15)18-4-9(16)17/h1-3,5H,4H2,(H,16,17). The largest absolute Gasteiger partial charge is 0.481 e. The van der Waals surface area contributed by atoms with E-state index in [0.29, 0.717) is 10.8 Å². The van der Waals surface area contributed by atoms with Crippen LogP contribution < -0.4 is 0 Å². The molecule has 5 nitrogen and oxygen atoms in total. The van der Waals surface area contributed by atoms with Crippen LogP contribution in [0.15, 0.2) is 29.7 Å². The van der Waals surface area contributed by atoms with Crippen LogP contribution in [-0.4, -0.2) is 31.6 Å². The summed E-state index contributed by atoms with van der Waals surface area (Å²) in [5.41, 5.74) is 0.326. The number of aliphatic carboxylic acids is 1. The van der Waals surface area contributed by atoms with Crippen molar-refractivity contribution < 1.29 is 18.7 Å². The lowest BCUT2D eigenvalue weighted by molar-refractivity contribution is -0.133. The van der Waals surface area contributed by atoms with Crippen molar-refractivity contribution in [2.24, 2.45) is 0 Å². The average Bonchev–Trinajstić information content (AvgIpc) is 2.78. The third-order valence-corrected chi connectivity index (χ3v) is 2.95. The Morgan fingerprint density at radius 1 is 1.39 bits per heavy atom. The fraction of sp³-hybridized carbons (Fsp3) is 0.100. The normalized spacial score (nSPS) is 10.6. The van der Waals surface area contributed by atoms with Gasteiger partial charge in [0.05, 0.1) is 11.4 Å². The second-order valence-electron chi connectivity index (χ2n) is 3.26. The molecule has 0 fully saturated rings. The van der Waals surface area contributed by atoms with Crippen LogP contribution in [0.1, 0.15) is 0 Å². The first-order chi connectivity index (χ1) is 8.58. The summed E-state index contributed by atoms with van der Waals surface area (Å²) in [4.78, 5) is 10.5. The van der Waals surface area contributed by atoms with Crippen molar-refractivity contribution in [3.8, 4) is 5.69 Å². The predicted molar refractivity (Wildman–Crippen MR) is 59.6 cm³/mol. The minimum Gasteiger partial charge on any atom is -0.481 e. The van der Waals surface area contributed by atoms with Crippen LogP contribution in [0.4, 0.5) is 8.78 Å². The first-order valence-electron chi connectivity index (χ1n) is 4.78. The fourth-order valence-corrected chi connectivity index (χ4v) is 1.91. The van der Waals surface area contributed by atoms with Gasteiger partial charge in [0.2, 0.25) is 0 Å². The summed E-state index contributed by atoms with van der Waals surface area (Å²) in [5, 5.41) is 16.2. The van der Waals surface area contributed by atoms with Crippen LogP contribution in [0.2, 0.25) is 0 Å². The molecule has 8 heteroatoms. The number of carboxylic acids is 1. The maximum atomic E-state index is 13.1. The molecule has 0 saturated heterocycles. The molecule has 2 rings (SSSR count). The van der Waals surface area contributed by atoms with E-state index < -0.39 is 17.6 Å². The highest BCUT2D eigenvalue weighted by Crippen LogP contribution is 2.20. The molecule has 0 spiro atoms. The van der Waals surface area contributed by atoms with Gasteiger partial charge < -0.3 is 5.11 Å². The lowest BCUT2D eigenvalue weighted by Crippen LogP contribution is -2.02. The summed E-state index contributed by atoms with van der Waals surface area (Å²) < 4.78 is 27.3. The van der Waals surface area contributed by atoms with E-state index in [-0.39, 0.29) is 5.75 Å². The number of carboxylic acid groups (broad SMARTS) is 1. The summed E-state index contributed by atoms with van der Waals surface area (Å²) in [7, 11) is 0. The molecule has 1 aromatic carbocycles. The molecule has 0 unspecified atom stereocenters. The summed E-state index contributed by atoms with van der Waals surface area (Å²) in [6.45, 7) is 0. The van der Waals surface area contributed by atoms with E-state index in [1.165, 1.54) is 17.0 Å². The van der Waals surface area contributed by atoms with Crippen LogP contribution in [-0.2, 0) is 4.79 Å². The van der Waals surface area contributed by atoms with Crippen molar-refractivity contribution in [2.45, 2.75) is 5.16 Å². The molecule has 0 aliphatic carbocycles. The van der Waals surface area contributed by atoms with Crippen molar-refractivity contribution >= 4 is 17.7 Å². The third-order valence-electron chi connectivity index (χ3n) is 2.02. The number of halogens is 2. The van der Waals surface area contributed by atoms with Crippen molar-refractivity contribution in [2.75, 3.05) is 5.75 Å². The second kappa shape index (κ2) is 5.13. The highest BCUT2D eigenvalue weighted by atomic mass is 32.2. The van der Waals surface area contributed by atoms with Crippen LogP contribution in [0.5, 0.6) is 0 Å². The van der Waals surface area contributed by atoms with Gasteiger partial charge in [0.1, 0.15) is 6.33 Å². The molecule has 0 aliphatic heterocycles. The highest BCUT2D eigenvalue weighted by molar-refractivity contribution is 7.99. The number of rotatable bonds is 4. The molecule has 2 aromatic rings. The molecule has 18 heavy (non-hydrogen) atoms. The van der Waals surface area contributed by atoms with E-state index in [4.69, 9.17) is 5.11 Å². The van der Waals surface area contributed by atoms with Gasteiger partial charge in [-0.05, 0) is 12.1 Å². The monoisotopic (exact) mass is 271 g/mol. The summed E-state index contributed by atoms with van der Waals surface area (Å²) in [5.74, 6) is -3.13. The molecule has 1 heterocycles. The highest BCUT2D eigenvalue weighted by Gasteiger charge is 2.11. The van der Waals surface area contributed by atoms with Crippen LogP contribution >= 0.6 is 11.8 Å². The lowest BCUT2D eigenvalue weighted by atomic mass is 10.3. The van der Waals surface area contributed by atoms with E-state index in [0.717, 1.165) is 23.9 Å². The van der Waals surface area contributed by atoms with Crippen molar-refractivity contribution in [1.29, 1.82) is 0 Å². The smallest absolute Gasteiger partial charge is 0.313 e. The maximum absolute atomic E-state index is 13.1. The molecule has 1 N–H and O–H groups in total. The molecule has 0 aliphatic rings. The minimum absolute atomic E-state index is 0.192. The fourth-order valence-electron chi connectivity index (χ4n) is 1.26. The van der Waals surface area contributed by atoms with Crippen molar-refractivity contribution in [3.05, 3.63) is 36.2 Å². The minimum atomic E-state index is -1.00. The van der Waals surface area contributed by atoms with E-state index in [1.54, 1.807) is 0 Å². The third kappa shape index (κ3) is 2.65. The van der Waals surface area contributed by atoms with Gasteiger partial charge in [-0.2, -0.15) is 0 Å². The van der Waals surface area contributed by atoms with E-state index in [2.05, 4.69) is 10.2 Å². The van der Waals surface area contributed by atoms with Gasteiger partial charge in [-0.25, -0.2) is 8.78 Å². The average molecular weight is 271 g/mol. The molecular formula is C10H7F2N3O2S. The van der Waals surface area contributed by atoms with Crippen LogP contribution in [0.3, 0.4) is 0 Å². The van der Waals surface area contributed by atoms with Gasteiger partial charge in [0.25, 0.3) is 0 Å². The Morgan fingerprint density at radius 3 is 2.83 bits per heavy atom. The Morgan fingerprint density at radius 2 is 2.17 bits per heavy atom. The van der Waals surface area contributed by atoms with Gasteiger partial charge in [0.15, 0.2) is 16.8 Å². The zero-order valence-electron chi connectivity index (χ0n) is 8.88. The molecular weight excluding hydrogens is 264 g/mol. The Balaban J connectivity index is 2.30. The van der Waals surface area contributed by atoms with E-state index in [9.17, 15) is 13.6 Å². The van der Waals surface area contributed by atoms with Gasteiger partial charge in [0, 0.05) is 6.07 Å². The molecule has 0 amide bonds. The zero-order valence-corrected chi connectivity index (χ0v) is 9.69.